The molecule has 3 rings (SSSR count). The molecule has 7 heteroatoms. The molecule has 2 heterocycles. The fourth-order valence-corrected chi connectivity index (χ4v) is 3.76. The number of ether oxygens (including phenoxy) is 1. The molecule has 0 spiro atoms. The first-order chi connectivity index (χ1) is 13.5. The summed E-state index contributed by atoms with van der Waals surface area (Å²) < 4.78 is 12.7. The Labute approximate surface area is 168 Å². The second-order valence-electron chi connectivity index (χ2n) is 6.20. The fraction of sp³-hybridized carbons (Fsp3) is 0.238. The summed E-state index contributed by atoms with van der Waals surface area (Å²) in [6, 6.07) is 13.4. The van der Waals surface area contributed by atoms with Crippen LogP contribution in [0.4, 0.5) is 5.82 Å². The van der Waals surface area contributed by atoms with E-state index in [4.69, 9.17) is 9.15 Å². The van der Waals surface area contributed by atoms with Gasteiger partial charge in [-0.05, 0) is 43.7 Å². The van der Waals surface area contributed by atoms with Crippen LogP contribution in [0.2, 0.25) is 0 Å². The van der Waals surface area contributed by atoms with Crippen LogP contribution in [0, 0.1) is 25.2 Å². The van der Waals surface area contributed by atoms with E-state index < -0.39 is 0 Å². The van der Waals surface area contributed by atoms with Gasteiger partial charge in [0.2, 0.25) is 5.91 Å². The Morgan fingerprint density at radius 2 is 2.07 bits per heavy atom. The summed E-state index contributed by atoms with van der Waals surface area (Å²) in [5.74, 6) is 1.99. The van der Waals surface area contributed by atoms with E-state index in [9.17, 15) is 10.1 Å². The molecule has 1 N–H and O–H groups in total. The number of furan rings is 1. The van der Waals surface area contributed by atoms with Crippen molar-refractivity contribution in [3.63, 3.8) is 0 Å². The van der Waals surface area contributed by atoms with Gasteiger partial charge >= 0.3 is 0 Å². The Bertz CT molecular complexity index is 1020. The maximum Gasteiger partial charge on any atom is 0.235 e. The average Bonchev–Trinajstić information content (AvgIpc) is 3.29. The van der Waals surface area contributed by atoms with E-state index in [0.29, 0.717) is 17.9 Å². The lowest BCUT2D eigenvalue weighted by Crippen LogP contribution is -2.18. The maximum absolute atomic E-state index is 12.6. The van der Waals surface area contributed by atoms with Crippen LogP contribution in [0.15, 0.2) is 52.0 Å². The van der Waals surface area contributed by atoms with Crippen molar-refractivity contribution in [1.82, 2.24) is 4.57 Å². The topological polar surface area (TPSA) is 80.2 Å². The van der Waals surface area contributed by atoms with E-state index in [1.165, 1.54) is 11.8 Å². The van der Waals surface area contributed by atoms with Gasteiger partial charge in [0.15, 0.2) is 0 Å². The second-order valence-corrected chi connectivity index (χ2v) is 7.22. The number of carbonyl (C=O) groups is 1. The monoisotopic (exact) mass is 395 g/mol. The highest BCUT2D eigenvalue weighted by molar-refractivity contribution is 8.00. The number of nitriles is 1. The van der Waals surface area contributed by atoms with Crippen LogP contribution in [0.25, 0.3) is 0 Å². The molecule has 6 nitrogen and oxygen atoms in total. The summed E-state index contributed by atoms with van der Waals surface area (Å²) in [5.41, 5.74) is 2.24. The van der Waals surface area contributed by atoms with Gasteiger partial charge in [0.1, 0.15) is 23.4 Å². The molecule has 0 saturated carbocycles. The van der Waals surface area contributed by atoms with E-state index in [1.54, 1.807) is 13.4 Å². The largest absolute Gasteiger partial charge is 0.496 e. The summed E-state index contributed by atoms with van der Waals surface area (Å²) >= 11 is 1.39. The molecule has 144 valence electrons. The first-order valence-corrected chi connectivity index (χ1v) is 9.71. The highest BCUT2D eigenvalue weighted by Gasteiger charge is 2.20. The van der Waals surface area contributed by atoms with E-state index >= 15 is 0 Å². The third-order valence-corrected chi connectivity index (χ3v) is 5.58. The second kappa shape index (κ2) is 8.72. The number of nitrogens with one attached hydrogen (secondary N) is 1. The lowest BCUT2D eigenvalue weighted by molar-refractivity contribution is -0.113. The Hall–Kier alpha value is -3.11. The van der Waals surface area contributed by atoms with Crippen LogP contribution in [-0.2, 0) is 11.3 Å². The molecule has 3 aromatic rings. The number of rotatable bonds is 7. The highest BCUT2D eigenvalue weighted by Crippen LogP contribution is 2.30. The van der Waals surface area contributed by atoms with Crippen molar-refractivity contribution in [2.75, 3.05) is 18.2 Å². The lowest BCUT2D eigenvalue weighted by atomic mass is 10.2. The summed E-state index contributed by atoms with van der Waals surface area (Å²) in [4.78, 5) is 13.5. The van der Waals surface area contributed by atoms with Crippen molar-refractivity contribution in [1.29, 1.82) is 5.26 Å². The number of carbonyl (C=O) groups excluding carboxylic acids is 1. The molecular formula is C21H21N3O3S. The van der Waals surface area contributed by atoms with E-state index in [-0.39, 0.29) is 11.7 Å². The van der Waals surface area contributed by atoms with Crippen molar-refractivity contribution in [3.8, 4) is 11.8 Å². The zero-order chi connectivity index (χ0) is 20.1. The molecule has 0 saturated heterocycles. The van der Waals surface area contributed by atoms with Crippen LogP contribution < -0.4 is 10.1 Å². The summed E-state index contributed by atoms with van der Waals surface area (Å²) in [6.45, 7) is 4.25. The maximum atomic E-state index is 12.6. The Morgan fingerprint density at radius 3 is 2.75 bits per heavy atom. The first-order valence-electron chi connectivity index (χ1n) is 8.73. The summed E-state index contributed by atoms with van der Waals surface area (Å²) in [6.07, 6.45) is 1.61. The molecule has 0 aliphatic rings. The van der Waals surface area contributed by atoms with E-state index in [0.717, 1.165) is 27.7 Å². The van der Waals surface area contributed by atoms with Gasteiger partial charge in [-0.3, -0.25) is 4.79 Å². The van der Waals surface area contributed by atoms with Crippen molar-refractivity contribution in [3.05, 3.63) is 65.2 Å². The van der Waals surface area contributed by atoms with Gasteiger partial charge in [-0.1, -0.05) is 12.1 Å². The SMILES string of the molecule is COc1ccccc1SCC(=O)Nc1c(C#N)c(C)c(C)n1Cc1ccco1. The smallest absolute Gasteiger partial charge is 0.235 e. The molecule has 0 aliphatic carbocycles. The van der Waals surface area contributed by atoms with Crippen molar-refractivity contribution >= 4 is 23.5 Å². The molecule has 0 atom stereocenters. The van der Waals surface area contributed by atoms with Crippen LogP contribution in [0.3, 0.4) is 0 Å². The number of methoxy groups -OCH3 is 1. The molecule has 0 fully saturated rings. The third-order valence-electron chi connectivity index (χ3n) is 4.52. The number of thioether (sulfide) groups is 1. The first kappa shape index (κ1) is 19.6. The zero-order valence-electron chi connectivity index (χ0n) is 16.0. The Morgan fingerprint density at radius 1 is 1.29 bits per heavy atom. The lowest BCUT2D eigenvalue weighted by Gasteiger charge is -2.12. The van der Waals surface area contributed by atoms with Gasteiger partial charge in [-0.2, -0.15) is 5.26 Å². The molecule has 0 radical (unpaired) electrons. The fourth-order valence-electron chi connectivity index (χ4n) is 2.94. The zero-order valence-corrected chi connectivity index (χ0v) is 16.8. The number of hydrogen-bond donors (Lipinski definition) is 1. The molecule has 0 bridgehead atoms. The minimum absolute atomic E-state index is 0.189. The van der Waals surface area contributed by atoms with Gasteiger partial charge in [0.25, 0.3) is 0 Å². The summed E-state index contributed by atoms with van der Waals surface area (Å²) in [5, 5.41) is 12.5. The van der Waals surface area contributed by atoms with Gasteiger partial charge in [0.05, 0.1) is 31.2 Å². The number of benzene rings is 1. The number of anilines is 1. The number of aromatic nitrogens is 1. The normalized spacial score (nSPS) is 10.5. The number of nitrogens with zero attached hydrogens (tertiary/aromatic N) is 2. The number of para-hydroxylation sites is 1. The number of amides is 1. The quantitative estimate of drug-likeness (QED) is 0.601. The standard InChI is InChI=1S/C21H21N3O3S/c1-14-15(2)24(12-16-7-6-10-27-16)21(17(14)11-22)23-20(25)13-28-19-9-5-4-8-18(19)26-3/h4-10H,12-13H2,1-3H3,(H,23,25). The molecule has 2 aromatic heterocycles. The van der Waals surface area contributed by atoms with Gasteiger partial charge in [-0.25, -0.2) is 0 Å². The predicted octanol–water partition coefficient (Wildman–Crippen LogP) is 4.36. The van der Waals surface area contributed by atoms with Gasteiger partial charge < -0.3 is 19.0 Å². The van der Waals surface area contributed by atoms with Gasteiger partial charge in [0, 0.05) is 10.6 Å². The summed E-state index contributed by atoms with van der Waals surface area (Å²) in [7, 11) is 1.60. The van der Waals surface area contributed by atoms with Crippen molar-refractivity contribution < 1.29 is 13.9 Å². The predicted molar refractivity (Wildman–Crippen MR) is 109 cm³/mol. The molecule has 1 aromatic carbocycles. The Balaban J connectivity index is 1.80. The molecule has 0 unspecified atom stereocenters. The van der Waals surface area contributed by atoms with Crippen LogP contribution in [-0.4, -0.2) is 23.3 Å². The van der Waals surface area contributed by atoms with Crippen LogP contribution in [0.1, 0.15) is 22.6 Å². The molecular weight excluding hydrogens is 374 g/mol. The minimum atomic E-state index is -0.189. The van der Waals surface area contributed by atoms with E-state index in [2.05, 4.69) is 11.4 Å². The highest BCUT2D eigenvalue weighted by atomic mass is 32.2. The molecule has 28 heavy (non-hydrogen) atoms. The minimum Gasteiger partial charge on any atom is -0.496 e. The molecule has 0 aliphatic heterocycles. The van der Waals surface area contributed by atoms with E-state index in [1.807, 2.05) is 54.8 Å². The average molecular weight is 395 g/mol. The Kier molecular flexibility index (Phi) is 6.12. The third kappa shape index (κ3) is 4.07. The van der Waals surface area contributed by atoms with Gasteiger partial charge in [-0.15, -0.1) is 11.8 Å². The number of hydrogen-bond acceptors (Lipinski definition) is 5. The van der Waals surface area contributed by atoms with Crippen molar-refractivity contribution in [2.24, 2.45) is 0 Å². The molecule has 1 amide bonds. The van der Waals surface area contributed by atoms with Crippen molar-refractivity contribution in [2.45, 2.75) is 25.3 Å². The van der Waals surface area contributed by atoms with Crippen LogP contribution in [0.5, 0.6) is 5.75 Å². The van der Waals surface area contributed by atoms with Crippen LogP contribution >= 0.6 is 11.8 Å².